The van der Waals surface area contributed by atoms with Crippen LogP contribution in [0.5, 0.6) is 11.5 Å². The summed E-state index contributed by atoms with van der Waals surface area (Å²) >= 11 is 0. The van der Waals surface area contributed by atoms with Crippen LogP contribution < -0.4 is 26.3 Å². The predicted molar refractivity (Wildman–Crippen MR) is 125 cm³/mol. The van der Waals surface area contributed by atoms with Gasteiger partial charge in [-0.15, -0.1) is 10.2 Å². The molecule has 0 aliphatic rings. The molecule has 3 heterocycles. The number of H-pyrrole nitrogens is 1. The largest absolute Gasteiger partial charge is 0.494 e. The molecule has 0 unspecified atom stereocenters. The van der Waals surface area contributed by atoms with E-state index in [9.17, 15) is 0 Å². The van der Waals surface area contributed by atoms with E-state index in [-0.39, 0.29) is 5.82 Å². The predicted octanol–water partition coefficient (Wildman–Crippen LogP) is 3.61. The van der Waals surface area contributed by atoms with Crippen molar-refractivity contribution in [2.45, 2.75) is 6.92 Å². The van der Waals surface area contributed by atoms with Gasteiger partial charge in [0.2, 0.25) is 0 Å². The topological polar surface area (TPSA) is 142 Å². The van der Waals surface area contributed by atoms with Crippen molar-refractivity contribution in [3.8, 4) is 17.2 Å². The highest BCUT2D eigenvalue weighted by Crippen LogP contribution is 2.38. The highest BCUT2D eigenvalue weighted by atomic mass is 16.5. The van der Waals surface area contributed by atoms with E-state index in [1.165, 1.54) is 0 Å². The van der Waals surface area contributed by atoms with Crippen LogP contribution in [0.25, 0.3) is 27.4 Å². The van der Waals surface area contributed by atoms with Gasteiger partial charge in [0.25, 0.3) is 0 Å². The van der Waals surface area contributed by atoms with Gasteiger partial charge in [-0.05, 0) is 37.3 Å². The Balaban J connectivity index is 1.62. The van der Waals surface area contributed by atoms with Gasteiger partial charge in [-0.2, -0.15) is 5.10 Å². The molecular formula is C22H22N8O2. The number of nitrogens with zero attached hydrogens (tertiary/aromatic N) is 4. The number of nitrogens with two attached hydrogens (primary N) is 2. The van der Waals surface area contributed by atoms with Crippen molar-refractivity contribution >= 4 is 44.8 Å². The number of nitrogen functional groups attached to an aromatic ring is 2. The third kappa shape index (κ3) is 3.18. The van der Waals surface area contributed by atoms with Crippen molar-refractivity contribution in [3.63, 3.8) is 0 Å². The molecule has 10 heteroatoms. The lowest BCUT2D eigenvalue weighted by Gasteiger charge is -2.13. The van der Waals surface area contributed by atoms with Crippen LogP contribution >= 0.6 is 0 Å². The Morgan fingerprint density at radius 2 is 2.00 bits per heavy atom. The van der Waals surface area contributed by atoms with Crippen LogP contribution in [0.2, 0.25) is 0 Å². The van der Waals surface area contributed by atoms with Crippen LogP contribution in [-0.4, -0.2) is 38.7 Å². The molecule has 5 aromatic rings. The number of methoxy groups -OCH3 is 1. The number of nitrogens with one attached hydrogen (secondary N) is 2. The summed E-state index contributed by atoms with van der Waals surface area (Å²) in [5.41, 5.74) is 15.1. The van der Waals surface area contributed by atoms with E-state index in [0.29, 0.717) is 35.1 Å². The molecule has 0 atom stereocenters. The Kier molecular flexibility index (Phi) is 4.66. The number of anilines is 4. The molecule has 5 rings (SSSR count). The molecule has 0 bridgehead atoms. The van der Waals surface area contributed by atoms with Gasteiger partial charge in [0.05, 0.1) is 41.9 Å². The van der Waals surface area contributed by atoms with Crippen molar-refractivity contribution in [1.82, 2.24) is 25.0 Å². The van der Waals surface area contributed by atoms with E-state index in [0.717, 1.165) is 27.7 Å². The monoisotopic (exact) mass is 430 g/mol. The van der Waals surface area contributed by atoms with Crippen molar-refractivity contribution in [3.05, 3.63) is 48.8 Å². The van der Waals surface area contributed by atoms with Gasteiger partial charge in [0.15, 0.2) is 11.6 Å². The van der Waals surface area contributed by atoms with E-state index < -0.39 is 0 Å². The first-order valence-electron chi connectivity index (χ1n) is 10.0. The minimum Gasteiger partial charge on any atom is -0.494 e. The van der Waals surface area contributed by atoms with E-state index >= 15 is 0 Å². The van der Waals surface area contributed by atoms with Crippen LogP contribution in [0.15, 0.2) is 48.8 Å². The molecule has 32 heavy (non-hydrogen) atoms. The zero-order valence-corrected chi connectivity index (χ0v) is 17.6. The highest BCUT2D eigenvalue weighted by molar-refractivity contribution is 6.06. The number of ether oxygens (including phenoxy) is 2. The van der Waals surface area contributed by atoms with E-state index in [1.54, 1.807) is 13.3 Å². The maximum absolute atomic E-state index is 6.50. The van der Waals surface area contributed by atoms with E-state index in [2.05, 4.69) is 25.7 Å². The molecule has 0 fully saturated rings. The molecule has 0 saturated carbocycles. The van der Waals surface area contributed by atoms with Crippen LogP contribution in [0.1, 0.15) is 6.92 Å². The number of rotatable bonds is 6. The van der Waals surface area contributed by atoms with E-state index in [4.69, 9.17) is 20.9 Å². The Morgan fingerprint density at radius 1 is 1.12 bits per heavy atom. The molecule has 0 saturated heterocycles. The zero-order chi connectivity index (χ0) is 22.2. The SMILES string of the molecule is CCOc1ccc(-n2cc3c(Nc4ccc5cn[nH]c5c4)nnc(N)c3c2N)c(OC)c1. The summed E-state index contributed by atoms with van der Waals surface area (Å²) in [6, 6.07) is 11.4. The fraction of sp³-hybridized carbons (Fsp3) is 0.136. The summed E-state index contributed by atoms with van der Waals surface area (Å²) in [7, 11) is 1.60. The van der Waals surface area contributed by atoms with Gasteiger partial charge >= 0.3 is 0 Å². The van der Waals surface area contributed by atoms with Crippen molar-refractivity contribution in [1.29, 1.82) is 0 Å². The fourth-order valence-corrected chi connectivity index (χ4v) is 3.73. The Morgan fingerprint density at radius 3 is 2.81 bits per heavy atom. The third-order valence-electron chi connectivity index (χ3n) is 5.24. The van der Waals surface area contributed by atoms with Crippen LogP contribution in [-0.2, 0) is 0 Å². The lowest BCUT2D eigenvalue weighted by atomic mass is 10.2. The molecule has 0 amide bonds. The molecular weight excluding hydrogens is 408 g/mol. The number of fused-ring (bicyclic) bond motifs is 2. The van der Waals surface area contributed by atoms with Crippen molar-refractivity contribution in [2.24, 2.45) is 0 Å². The van der Waals surface area contributed by atoms with Crippen molar-refractivity contribution in [2.75, 3.05) is 30.5 Å². The smallest absolute Gasteiger partial charge is 0.162 e. The maximum Gasteiger partial charge on any atom is 0.162 e. The number of hydrogen-bond donors (Lipinski definition) is 4. The van der Waals surface area contributed by atoms with Crippen LogP contribution in [0, 0.1) is 0 Å². The van der Waals surface area contributed by atoms with Crippen molar-refractivity contribution < 1.29 is 9.47 Å². The summed E-state index contributed by atoms with van der Waals surface area (Å²) < 4.78 is 13.0. The number of aromatic amines is 1. The molecule has 0 radical (unpaired) electrons. The molecule has 0 aliphatic heterocycles. The molecule has 3 aromatic heterocycles. The molecule has 0 aliphatic carbocycles. The second-order valence-electron chi connectivity index (χ2n) is 7.17. The average molecular weight is 430 g/mol. The van der Waals surface area contributed by atoms with Gasteiger partial charge in [-0.25, -0.2) is 0 Å². The fourth-order valence-electron chi connectivity index (χ4n) is 3.73. The first-order valence-corrected chi connectivity index (χ1v) is 10.0. The highest BCUT2D eigenvalue weighted by Gasteiger charge is 2.19. The summed E-state index contributed by atoms with van der Waals surface area (Å²) in [5.74, 6) is 2.53. The van der Waals surface area contributed by atoms with Gasteiger partial charge in [0, 0.05) is 23.3 Å². The molecule has 6 N–H and O–H groups in total. The summed E-state index contributed by atoms with van der Waals surface area (Å²) in [6.45, 7) is 2.49. The number of hydrogen-bond acceptors (Lipinski definition) is 8. The van der Waals surface area contributed by atoms with Gasteiger partial charge in [-0.1, -0.05) is 0 Å². The van der Waals surface area contributed by atoms with Gasteiger partial charge in [-0.3, -0.25) is 9.67 Å². The molecule has 162 valence electrons. The second kappa shape index (κ2) is 7.65. The first-order chi connectivity index (χ1) is 15.6. The minimum atomic E-state index is 0.246. The van der Waals surface area contributed by atoms with Crippen LogP contribution in [0.3, 0.4) is 0 Å². The Labute approximate surface area is 183 Å². The van der Waals surface area contributed by atoms with Gasteiger partial charge in [0.1, 0.15) is 17.3 Å². The normalized spacial score (nSPS) is 11.2. The second-order valence-corrected chi connectivity index (χ2v) is 7.17. The number of benzene rings is 2. The quantitative estimate of drug-likeness (QED) is 0.320. The third-order valence-corrected chi connectivity index (χ3v) is 5.24. The molecule has 10 nitrogen and oxygen atoms in total. The number of aromatic nitrogens is 5. The van der Waals surface area contributed by atoms with Crippen LogP contribution in [0.4, 0.5) is 23.1 Å². The first kappa shape index (κ1) is 19.5. The summed E-state index contributed by atoms with van der Waals surface area (Å²) in [4.78, 5) is 0. The maximum atomic E-state index is 6.50. The molecule has 2 aromatic carbocycles. The zero-order valence-electron chi connectivity index (χ0n) is 17.6. The lowest BCUT2D eigenvalue weighted by Crippen LogP contribution is -2.03. The summed E-state index contributed by atoms with van der Waals surface area (Å²) in [6.07, 6.45) is 3.64. The standard InChI is InChI=1S/C22H22N8O2/c1-3-32-14-6-7-17(18(9-14)31-2)30-11-15-19(21(30)24)20(23)28-29-22(15)26-13-5-4-12-10-25-27-16(12)8-13/h4-11H,3,24H2,1-2H3,(H2,23,28)(H,25,27)(H,26,29). The minimum absolute atomic E-state index is 0.246. The average Bonchev–Trinajstić information content (AvgIpc) is 3.40. The Bertz CT molecular complexity index is 1440. The Hall–Kier alpha value is -4.47. The van der Waals surface area contributed by atoms with E-state index in [1.807, 2.05) is 54.1 Å². The lowest BCUT2D eigenvalue weighted by molar-refractivity contribution is 0.336. The molecule has 0 spiro atoms. The summed E-state index contributed by atoms with van der Waals surface area (Å²) in [5, 5.41) is 21.1. The van der Waals surface area contributed by atoms with Gasteiger partial charge < -0.3 is 26.3 Å².